The quantitative estimate of drug-likeness (QED) is 0.776. The fourth-order valence-electron chi connectivity index (χ4n) is 3.01. The van der Waals surface area contributed by atoms with Crippen molar-refractivity contribution in [1.82, 2.24) is 15.0 Å². The summed E-state index contributed by atoms with van der Waals surface area (Å²) < 4.78 is 1.15. The van der Waals surface area contributed by atoms with E-state index in [0.717, 1.165) is 21.5 Å². The van der Waals surface area contributed by atoms with E-state index in [9.17, 15) is 0 Å². The minimum atomic E-state index is 0.535. The van der Waals surface area contributed by atoms with E-state index in [-0.39, 0.29) is 0 Å². The summed E-state index contributed by atoms with van der Waals surface area (Å²) in [5.41, 5.74) is 9.03. The lowest BCUT2D eigenvalue weighted by Crippen LogP contribution is -2.03. The maximum atomic E-state index is 5.99. The number of aromatic nitrogens is 3. The summed E-state index contributed by atoms with van der Waals surface area (Å²) in [4.78, 5) is 13.6. The Bertz CT molecular complexity index is 790. The van der Waals surface area contributed by atoms with Gasteiger partial charge in [0.15, 0.2) is 5.82 Å². The first-order valence-electron chi connectivity index (χ1n) is 7.28. The maximum Gasteiger partial charge on any atom is 0.163 e. The molecule has 0 saturated heterocycles. The Kier molecular flexibility index (Phi) is 3.07. The Morgan fingerprint density at radius 2 is 2.00 bits per heavy atom. The van der Waals surface area contributed by atoms with Crippen LogP contribution in [0, 0.1) is 0 Å². The molecule has 3 aromatic rings. The highest BCUT2D eigenvalue weighted by atomic mass is 32.1. The Hall–Kier alpha value is -2.01. The Morgan fingerprint density at radius 1 is 1.14 bits per heavy atom. The molecule has 0 radical (unpaired) electrons. The van der Waals surface area contributed by atoms with Gasteiger partial charge in [-0.2, -0.15) is 0 Å². The van der Waals surface area contributed by atoms with Gasteiger partial charge in [-0.15, -0.1) is 11.3 Å². The first kappa shape index (κ1) is 12.7. The summed E-state index contributed by atoms with van der Waals surface area (Å²) in [6.07, 6.45) is 6.82. The molecule has 106 valence electrons. The summed E-state index contributed by atoms with van der Waals surface area (Å²) in [7, 11) is 0. The molecule has 1 saturated carbocycles. The molecular weight excluding hydrogens is 280 g/mol. The molecule has 4 rings (SSSR count). The molecule has 21 heavy (non-hydrogen) atoms. The highest BCUT2D eigenvalue weighted by molar-refractivity contribution is 7.17. The normalized spacial score (nSPS) is 15.8. The number of nitrogens with zero attached hydrogens (tertiary/aromatic N) is 3. The molecule has 0 aromatic carbocycles. The lowest BCUT2D eigenvalue weighted by Gasteiger charge is -2.11. The lowest BCUT2D eigenvalue weighted by molar-refractivity contribution is 0.696. The number of hydrogen-bond donors (Lipinski definition) is 1. The van der Waals surface area contributed by atoms with Gasteiger partial charge in [0.2, 0.25) is 0 Å². The summed E-state index contributed by atoms with van der Waals surface area (Å²) >= 11 is 1.68. The van der Waals surface area contributed by atoms with Crippen molar-refractivity contribution in [2.24, 2.45) is 0 Å². The van der Waals surface area contributed by atoms with Gasteiger partial charge < -0.3 is 5.73 Å². The Balaban J connectivity index is 1.79. The van der Waals surface area contributed by atoms with Gasteiger partial charge in [0.25, 0.3) is 0 Å². The molecule has 0 spiro atoms. The van der Waals surface area contributed by atoms with E-state index in [1.807, 2.05) is 23.7 Å². The van der Waals surface area contributed by atoms with Crippen LogP contribution >= 0.6 is 11.3 Å². The number of rotatable bonds is 2. The average Bonchev–Trinajstić information content (AvgIpc) is 3.17. The van der Waals surface area contributed by atoms with Crippen LogP contribution in [-0.4, -0.2) is 15.0 Å². The van der Waals surface area contributed by atoms with Crippen LogP contribution in [0.2, 0.25) is 0 Å². The second-order valence-electron chi connectivity index (χ2n) is 5.55. The number of thiophene rings is 1. The molecule has 1 fully saturated rings. The molecule has 0 unspecified atom stereocenters. The molecule has 5 heteroatoms. The summed E-state index contributed by atoms with van der Waals surface area (Å²) in [6.45, 7) is 0. The number of nitrogen functional groups attached to an aromatic ring is 1. The number of hydrogen-bond acceptors (Lipinski definition) is 5. The van der Waals surface area contributed by atoms with Crippen LogP contribution in [0.3, 0.4) is 0 Å². The SMILES string of the molecule is Nc1cc(C2CCCC2)nc(-c2cnc3ccsc3c2)n1. The third-order valence-corrected chi connectivity index (χ3v) is 4.95. The second-order valence-corrected chi connectivity index (χ2v) is 6.50. The van der Waals surface area contributed by atoms with Crippen molar-refractivity contribution >= 4 is 27.4 Å². The van der Waals surface area contributed by atoms with E-state index in [0.29, 0.717) is 17.6 Å². The van der Waals surface area contributed by atoms with Gasteiger partial charge >= 0.3 is 0 Å². The molecule has 2 N–H and O–H groups in total. The third-order valence-electron chi connectivity index (χ3n) is 4.10. The molecule has 3 aromatic heterocycles. The number of nitrogens with two attached hydrogens (primary N) is 1. The molecule has 0 bridgehead atoms. The van der Waals surface area contributed by atoms with E-state index >= 15 is 0 Å². The largest absolute Gasteiger partial charge is 0.384 e. The number of anilines is 1. The van der Waals surface area contributed by atoms with Crippen molar-refractivity contribution in [2.45, 2.75) is 31.6 Å². The van der Waals surface area contributed by atoms with Crippen molar-refractivity contribution in [2.75, 3.05) is 5.73 Å². The predicted molar refractivity (Wildman–Crippen MR) is 86.3 cm³/mol. The van der Waals surface area contributed by atoms with Crippen molar-refractivity contribution < 1.29 is 0 Å². The lowest BCUT2D eigenvalue weighted by atomic mass is 10.0. The highest BCUT2D eigenvalue weighted by Crippen LogP contribution is 2.34. The van der Waals surface area contributed by atoms with E-state index in [1.54, 1.807) is 11.3 Å². The maximum absolute atomic E-state index is 5.99. The van der Waals surface area contributed by atoms with E-state index in [1.165, 1.54) is 25.7 Å². The second kappa shape index (κ2) is 5.07. The van der Waals surface area contributed by atoms with Crippen LogP contribution in [0.15, 0.2) is 29.8 Å². The third kappa shape index (κ3) is 2.38. The first-order chi connectivity index (χ1) is 10.3. The van der Waals surface area contributed by atoms with E-state index in [4.69, 9.17) is 10.7 Å². The van der Waals surface area contributed by atoms with Crippen molar-refractivity contribution in [1.29, 1.82) is 0 Å². The zero-order valence-electron chi connectivity index (χ0n) is 11.6. The average molecular weight is 296 g/mol. The molecule has 3 heterocycles. The van der Waals surface area contributed by atoms with E-state index < -0.39 is 0 Å². The fraction of sp³-hybridized carbons (Fsp3) is 0.312. The monoisotopic (exact) mass is 296 g/mol. The topological polar surface area (TPSA) is 64.7 Å². The van der Waals surface area contributed by atoms with Gasteiger partial charge in [0, 0.05) is 29.4 Å². The van der Waals surface area contributed by atoms with Crippen LogP contribution < -0.4 is 5.73 Å². The smallest absolute Gasteiger partial charge is 0.163 e. The van der Waals surface area contributed by atoms with E-state index in [2.05, 4.69) is 16.0 Å². The predicted octanol–water partition coefficient (Wildman–Crippen LogP) is 3.99. The highest BCUT2D eigenvalue weighted by Gasteiger charge is 2.20. The zero-order valence-corrected chi connectivity index (χ0v) is 12.4. The molecule has 0 amide bonds. The van der Waals surface area contributed by atoms with Crippen LogP contribution in [0.4, 0.5) is 5.82 Å². The minimum Gasteiger partial charge on any atom is -0.384 e. The van der Waals surface area contributed by atoms with Crippen LogP contribution in [0.5, 0.6) is 0 Å². The summed E-state index contributed by atoms with van der Waals surface area (Å²) in [6, 6.07) is 6.05. The summed E-state index contributed by atoms with van der Waals surface area (Å²) in [5, 5.41) is 2.05. The standard InChI is InChI=1S/C16H16N4S/c17-15-8-13(10-3-1-2-4-10)19-16(20-15)11-7-14-12(18-9-11)5-6-21-14/h5-10H,1-4H2,(H2,17,19,20). The molecule has 4 nitrogen and oxygen atoms in total. The van der Waals surface area contributed by atoms with Gasteiger partial charge in [0.05, 0.1) is 10.2 Å². The molecule has 0 atom stereocenters. The van der Waals surface area contributed by atoms with Crippen molar-refractivity contribution in [3.63, 3.8) is 0 Å². The summed E-state index contributed by atoms with van der Waals surface area (Å²) in [5.74, 6) is 1.78. The van der Waals surface area contributed by atoms with Gasteiger partial charge in [-0.25, -0.2) is 9.97 Å². The van der Waals surface area contributed by atoms with Gasteiger partial charge in [-0.05, 0) is 30.4 Å². The van der Waals surface area contributed by atoms with Crippen molar-refractivity contribution in [3.05, 3.63) is 35.5 Å². The van der Waals surface area contributed by atoms with Gasteiger partial charge in [-0.1, -0.05) is 12.8 Å². The number of pyridine rings is 1. The van der Waals surface area contributed by atoms with Gasteiger partial charge in [-0.3, -0.25) is 4.98 Å². The fourth-order valence-corrected chi connectivity index (χ4v) is 3.79. The minimum absolute atomic E-state index is 0.535. The zero-order chi connectivity index (χ0) is 14.2. The molecule has 1 aliphatic carbocycles. The number of fused-ring (bicyclic) bond motifs is 1. The van der Waals surface area contributed by atoms with Crippen LogP contribution in [0.1, 0.15) is 37.3 Å². The molecule has 1 aliphatic rings. The van der Waals surface area contributed by atoms with Crippen LogP contribution in [0.25, 0.3) is 21.6 Å². The Labute approximate surface area is 127 Å². The molecule has 0 aliphatic heterocycles. The van der Waals surface area contributed by atoms with Crippen LogP contribution in [-0.2, 0) is 0 Å². The van der Waals surface area contributed by atoms with Gasteiger partial charge in [0.1, 0.15) is 5.82 Å². The van der Waals surface area contributed by atoms with Crippen molar-refractivity contribution in [3.8, 4) is 11.4 Å². The first-order valence-corrected chi connectivity index (χ1v) is 8.15. The Morgan fingerprint density at radius 3 is 2.86 bits per heavy atom. The molecular formula is C16H16N4S.